The maximum absolute atomic E-state index is 12.3. The van der Waals surface area contributed by atoms with Crippen LogP contribution in [0.25, 0.3) is 0 Å². The van der Waals surface area contributed by atoms with Crippen molar-refractivity contribution in [2.24, 2.45) is 0 Å². The highest BCUT2D eigenvalue weighted by atomic mass is 16.5. The Hall–Kier alpha value is -3.07. The second kappa shape index (κ2) is 7.80. The van der Waals surface area contributed by atoms with Gasteiger partial charge in [-0.25, -0.2) is 0 Å². The van der Waals surface area contributed by atoms with Crippen molar-refractivity contribution in [2.45, 2.75) is 0 Å². The van der Waals surface area contributed by atoms with Crippen LogP contribution in [0.5, 0.6) is 11.5 Å². The highest BCUT2D eigenvalue weighted by molar-refractivity contribution is 6.10. The molecule has 0 saturated carbocycles. The number of carbonyl (C=O) groups is 1. The van der Waals surface area contributed by atoms with Crippen molar-refractivity contribution in [3.63, 3.8) is 0 Å². The van der Waals surface area contributed by atoms with Crippen LogP contribution in [-0.4, -0.2) is 17.5 Å². The quantitative estimate of drug-likeness (QED) is 0.613. The molecule has 0 saturated heterocycles. The van der Waals surface area contributed by atoms with Crippen LogP contribution in [0.4, 0.5) is 0 Å². The largest absolute Gasteiger partial charge is 0.507 e. The van der Waals surface area contributed by atoms with Gasteiger partial charge in [-0.1, -0.05) is 61.7 Å². The molecule has 0 atom stereocenters. The SMILES string of the molecule is C=C/C=C(\C=C)COc1ccc(C(=O)c2ccccc2)c(O)c1. The lowest BCUT2D eigenvalue weighted by molar-refractivity contribution is 0.103. The van der Waals surface area contributed by atoms with E-state index in [1.165, 1.54) is 6.07 Å². The van der Waals surface area contributed by atoms with Gasteiger partial charge in [0.2, 0.25) is 0 Å². The number of hydrogen-bond donors (Lipinski definition) is 1. The van der Waals surface area contributed by atoms with E-state index in [2.05, 4.69) is 13.2 Å². The topological polar surface area (TPSA) is 46.5 Å². The first-order valence-corrected chi connectivity index (χ1v) is 7.15. The van der Waals surface area contributed by atoms with Gasteiger partial charge in [0, 0.05) is 11.6 Å². The molecule has 2 aromatic rings. The van der Waals surface area contributed by atoms with Gasteiger partial charge in [0.25, 0.3) is 0 Å². The Morgan fingerprint density at radius 3 is 2.48 bits per heavy atom. The average molecular weight is 306 g/mol. The molecule has 0 aliphatic rings. The van der Waals surface area contributed by atoms with Gasteiger partial charge in [0.1, 0.15) is 18.1 Å². The number of phenols is 1. The predicted octanol–water partition coefficient (Wildman–Crippen LogP) is 4.30. The number of hydrogen-bond acceptors (Lipinski definition) is 3. The normalized spacial score (nSPS) is 10.9. The van der Waals surface area contributed by atoms with Crippen LogP contribution in [0.15, 0.2) is 85.5 Å². The molecule has 3 heteroatoms. The van der Waals surface area contributed by atoms with Gasteiger partial charge in [0.05, 0.1) is 5.56 Å². The maximum atomic E-state index is 12.3. The van der Waals surface area contributed by atoms with Gasteiger partial charge in [-0.2, -0.15) is 0 Å². The molecule has 0 aromatic heterocycles. The summed E-state index contributed by atoms with van der Waals surface area (Å²) in [5, 5.41) is 10.1. The Kier molecular flexibility index (Phi) is 5.53. The highest BCUT2D eigenvalue weighted by Gasteiger charge is 2.14. The summed E-state index contributed by atoms with van der Waals surface area (Å²) in [5.41, 5.74) is 1.64. The Morgan fingerprint density at radius 2 is 1.87 bits per heavy atom. The average Bonchev–Trinajstić information content (AvgIpc) is 2.59. The number of carbonyl (C=O) groups excluding carboxylic acids is 1. The lowest BCUT2D eigenvalue weighted by atomic mass is 10.0. The lowest BCUT2D eigenvalue weighted by Crippen LogP contribution is -2.03. The van der Waals surface area contributed by atoms with Gasteiger partial charge >= 0.3 is 0 Å². The molecule has 2 aromatic carbocycles. The van der Waals surface area contributed by atoms with E-state index in [1.54, 1.807) is 54.6 Å². The molecule has 1 N–H and O–H groups in total. The van der Waals surface area contributed by atoms with Crippen molar-refractivity contribution in [1.82, 2.24) is 0 Å². The van der Waals surface area contributed by atoms with Crippen molar-refractivity contribution < 1.29 is 14.6 Å². The summed E-state index contributed by atoms with van der Waals surface area (Å²) in [6, 6.07) is 13.5. The summed E-state index contributed by atoms with van der Waals surface area (Å²) >= 11 is 0. The van der Waals surface area contributed by atoms with Crippen LogP contribution in [-0.2, 0) is 0 Å². The maximum Gasteiger partial charge on any atom is 0.196 e. The van der Waals surface area contributed by atoms with Gasteiger partial charge in [-0.15, -0.1) is 0 Å². The molecule has 0 bridgehead atoms. The molecule has 116 valence electrons. The number of phenolic OH excluding ortho intramolecular Hbond substituents is 1. The monoisotopic (exact) mass is 306 g/mol. The van der Waals surface area contributed by atoms with Gasteiger partial charge < -0.3 is 9.84 Å². The van der Waals surface area contributed by atoms with Gasteiger partial charge in [-0.3, -0.25) is 4.79 Å². The zero-order valence-electron chi connectivity index (χ0n) is 12.7. The van der Waals surface area contributed by atoms with Crippen LogP contribution in [0.3, 0.4) is 0 Å². The summed E-state index contributed by atoms with van der Waals surface area (Å²) < 4.78 is 5.57. The summed E-state index contributed by atoms with van der Waals surface area (Å²) in [6.45, 7) is 7.62. The number of ketones is 1. The van der Waals surface area contributed by atoms with Crippen molar-refractivity contribution in [2.75, 3.05) is 6.61 Å². The molecule has 0 heterocycles. The Bertz CT molecular complexity index is 743. The van der Waals surface area contributed by atoms with Gasteiger partial charge in [0.15, 0.2) is 5.78 Å². The van der Waals surface area contributed by atoms with E-state index >= 15 is 0 Å². The fourth-order valence-corrected chi connectivity index (χ4v) is 2.03. The van der Waals surface area contributed by atoms with E-state index < -0.39 is 0 Å². The smallest absolute Gasteiger partial charge is 0.196 e. The third-order valence-electron chi connectivity index (χ3n) is 3.25. The minimum absolute atomic E-state index is 0.107. The first-order chi connectivity index (χ1) is 11.2. The second-order valence-electron chi connectivity index (χ2n) is 4.84. The number of ether oxygens (including phenoxy) is 1. The third kappa shape index (κ3) is 4.20. The molecule has 0 radical (unpaired) electrons. The van der Waals surface area contributed by atoms with Crippen LogP contribution < -0.4 is 4.74 Å². The minimum Gasteiger partial charge on any atom is -0.507 e. The van der Waals surface area contributed by atoms with E-state index in [-0.39, 0.29) is 17.1 Å². The molecular weight excluding hydrogens is 288 g/mol. The molecular formula is C20H18O3. The molecule has 0 fully saturated rings. The fourth-order valence-electron chi connectivity index (χ4n) is 2.03. The van der Waals surface area contributed by atoms with E-state index in [0.29, 0.717) is 17.9 Å². The van der Waals surface area contributed by atoms with Crippen LogP contribution in [0, 0.1) is 0 Å². The first kappa shape index (κ1) is 16.3. The summed E-state index contributed by atoms with van der Waals surface area (Å²) in [7, 11) is 0. The standard InChI is InChI=1S/C20H18O3/c1-3-8-15(4-2)14-23-17-11-12-18(19(21)13-17)20(22)16-9-6-5-7-10-16/h3-13,21H,1-2,14H2/b15-8+. The van der Waals surface area contributed by atoms with Crippen molar-refractivity contribution in [3.8, 4) is 11.5 Å². The highest BCUT2D eigenvalue weighted by Crippen LogP contribution is 2.26. The zero-order chi connectivity index (χ0) is 16.7. The molecule has 0 aliphatic heterocycles. The zero-order valence-corrected chi connectivity index (χ0v) is 12.7. The van der Waals surface area contributed by atoms with E-state index in [0.717, 1.165) is 5.57 Å². The molecule has 23 heavy (non-hydrogen) atoms. The molecule has 2 rings (SSSR count). The number of aromatic hydroxyl groups is 1. The molecule has 0 aliphatic carbocycles. The lowest BCUT2D eigenvalue weighted by Gasteiger charge is -2.09. The Morgan fingerprint density at radius 1 is 1.13 bits per heavy atom. The van der Waals surface area contributed by atoms with Crippen LogP contribution in [0.1, 0.15) is 15.9 Å². The van der Waals surface area contributed by atoms with E-state index in [4.69, 9.17) is 4.74 Å². The molecule has 0 unspecified atom stereocenters. The first-order valence-electron chi connectivity index (χ1n) is 7.15. The molecule has 0 amide bonds. The van der Waals surface area contributed by atoms with Crippen molar-refractivity contribution in [1.29, 1.82) is 0 Å². The van der Waals surface area contributed by atoms with E-state index in [1.807, 2.05) is 6.07 Å². The van der Waals surface area contributed by atoms with E-state index in [9.17, 15) is 9.90 Å². The summed E-state index contributed by atoms with van der Waals surface area (Å²) in [4.78, 5) is 12.3. The van der Waals surface area contributed by atoms with Gasteiger partial charge in [-0.05, 0) is 17.7 Å². The Labute approximate surface area is 135 Å². The predicted molar refractivity (Wildman–Crippen MR) is 92.0 cm³/mol. The summed E-state index contributed by atoms with van der Waals surface area (Å²) in [6.07, 6.45) is 5.12. The van der Waals surface area contributed by atoms with Crippen molar-refractivity contribution >= 4 is 5.78 Å². The number of benzene rings is 2. The molecule has 3 nitrogen and oxygen atoms in total. The summed E-state index contributed by atoms with van der Waals surface area (Å²) in [5.74, 6) is 0.140. The van der Waals surface area contributed by atoms with Crippen molar-refractivity contribution in [3.05, 3.63) is 96.6 Å². The fraction of sp³-hybridized carbons (Fsp3) is 0.0500. The number of allylic oxidation sites excluding steroid dienone is 2. The van der Waals surface area contributed by atoms with Crippen LogP contribution in [0.2, 0.25) is 0 Å². The Balaban J connectivity index is 2.15. The third-order valence-corrected chi connectivity index (χ3v) is 3.25. The van der Waals surface area contributed by atoms with Crippen LogP contribution >= 0.6 is 0 Å². The second-order valence-corrected chi connectivity index (χ2v) is 4.84. The molecule has 0 spiro atoms. The number of rotatable bonds is 7. The minimum atomic E-state index is -0.229.